The maximum absolute atomic E-state index is 13.4. The highest BCUT2D eigenvalue weighted by atomic mass is 19.1. The molecule has 0 saturated carbocycles. The maximum atomic E-state index is 13.4. The molecule has 0 aliphatic carbocycles. The van der Waals surface area contributed by atoms with Crippen molar-refractivity contribution in [2.45, 2.75) is 6.54 Å². The molecule has 2 rings (SSSR count). The van der Waals surface area contributed by atoms with Crippen LogP contribution in [0.25, 0.3) is 0 Å². The lowest BCUT2D eigenvalue weighted by Gasteiger charge is -2.07. The molecule has 3 amide bonds. The topological polar surface area (TPSA) is 101 Å². The summed E-state index contributed by atoms with van der Waals surface area (Å²) in [4.78, 5) is 35.2. The lowest BCUT2D eigenvalue weighted by Crippen LogP contribution is -2.42. The summed E-state index contributed by atoms with van der Waals surface area (Å²) in [5.74, 6) is -3.47. The Kier molecular flexibility index (Phi) is 5.03. The zero-order chi connectivity index (χ0) is 16.8. The average molecular weight is 315 g/mol. The molecule has 0 aliphatic rings. The Morgan fingerprint density at radius 1 is 0.957 bits per heavy atom. The molecule has 23 heavy (non-hydrogen) atoms. The molecule has 0 spiro atoms. The number of carbonyl (C=O) groups is 3. The van der Waals surface area contributed by atoms with E-state index >= 15 is 0 Å². The third-order valence-corrected chi connectivity index (χ3v) is 3.04. The van der Waals surface area contributed by atoms with Gasteiger partial charge in [0.1, 0.15) is 5.82 Å². The van der Waals surface area contributed by atoms with E-state index in [0.29, 0.717) is 0 Å². The van der Waals surface area contributed by atoms with Crippen LogP contribution in [0.5, 0.6) is 0 Å². The average Bonchev–Trinajstić information content (AvgIpc) is 2.54. The monoisotopic (exact) mass is 315 g/mol. The van der Waals surface area contributed by atoms with Crippen molar-refractivity contribution in [3.8, 4) is 0 Å². The van der Waals surface area contributed by atoms with E-state index in [0.717, 1.165) is 0 Å². The molecule has 2 aromatic carbocycles. The quantitative estimate of drug-likeness (QED) is 0.580. The second kappa shape index (κ2) is 7.17. The number of hydrogen-bond donors (Lipinski definition) is 3. The van der Waals surface area contributed by atoms with Gasteiger partial charge in [0.15, 0.2) is 0 Å². The van der Waals surface area contributed by atoms with Gasteiger partial charge >= 0.3 is 11.8 Å². The number of nitrogens with two attached hydrogens (primary N) is 1. The molecular formula is C16H14FN3O3. The molecule has 6 nitrogen and oxygen atoms in total. The normalized spacial score (nSPS) is 9.96. The minimum absolute atomic E-state index is 0.0859. The third kappa shape index (κ3) is 4.13. The number of amides is 3. The number of benzene rings is 2. The predicted molar refractivity (Wildman–Crippen MR) is 81.6 cm³/mol. The van der Waals surface area contributed by atoms with Crippen molar-refractivity contribution < 1.29 is 18.8 Å². The molecular weight excluding hydrogens is 301 g/mol. The minimum Gasteiger partial charge on any atom is -0.398 e. The van der Waals surface area contributed by atoms with Crippen LogP contribution in [0.15, 0.2) is 48.5 Å². The summed E-state index contributed by atoms with van der Waals surface area (Å²) in [5.41, 5.74) is 6.11. The van der Waals surface area contributed by atoms with Crippen molar-refractivity contribution >= 4 is 23.4 Å². The van der Waals surface area contributed by atoms with Crippen LogP contribution in [0, 0.1) is 5.82 Å². The number of hydrogen-bond acceptors (Lipinski definition) is 4. The molecule has 0 saturated heterocycles. The Bertz CT molecular complexity index is 762. The summed E-state index contributed by atoms with van der Waals surface area (Å²) in [6, 6.07) is 12.0. The Morgan fingerprint density at radius 2 is 1.61 bits per heavy atom. The highest BCUT2D eigenvalue weighted by molar-refractivity contribution is 6.38. The molecule has 0 radical (unpaired) electrons. The van der Waals surface area contributed by atoms with Gasteiger partial charge < -0.3 is 11.1 Å². The van der Waals surface area contributed by atoms with Gasteiger partial charge in [0.2, 0.25) is 0 Å². The molecule has 0 unspecified atom stereocenters. The van der Waals surface area contributed by atoms with Gasteiger partial charge in [-0.25, -0.2) is 4.39 Å². The smallest absolute Gasteiger partial charge is 0.316 e. The van der Waals surface area contributed by atoms with Crippen molar-refractivity contribution in [1.82, 2.24) is 10.6 Å². The number of para-hydroxylation sites is 1. The fourth-order valence-corrected chi connectivity index (χ4v) is 1.83. The van der Waals surface area contributed by atoms with Gasteiger partial charge in [-0.3, -0.25) is 19.7 Å². The van der Waals surface area contributed by atoms with Gasteiger partial charge in [-0.1, -0.05) is 30.3 Å². The van der Waals surface area contributed by atoms with Crippen LogP contribution < -0.4 is 16.4 Å². The van der Waals surface area contributed by atoms with E-state index in [1.54, 1.807) is 18.2 Å². The summed E-state index contributed by atoms with van der Waals surface area (Å²) < 4.78 is 13.4. The van der Waals surface area contributed by atoms with Crippen molar-refractivity contribution in [1.29, 1.82) is 0 Å². The van der Waals surface area contributed by atoms with Gasteiger partial charge in [0.05, 0.1) is 5.56 Å². The number of nitrogens with one attached hydrogen (secondary N) is 2. The van der Waals surface area contributed by atoms with Crippen molar-refractivity contribution in [3.63, 3.8) is 0 Å². The van der Waals surface area contributed by atoms with Crippen LogP contribution in [0.3, 0.4) is 0 Å². The molecule has 118 valence electrons. The number of carbonyl (C=O) groups excluding carboxylic acids is 3. The van der Waals surface area contributed by atoms with E-state index in [1.165, 1.54) is 30.3 Å². The number of rotatable bonds is 3. The van der Waals surface area contributed by atoms with Gasteiger partial charge in [-0.15, -0.1) is 0 Å². The standard InChI is InChI=1S/C16H14FN3O3/c17-12-7-3-1-5-10(12)9-19-15(22)16(23)20-14(21)11-6-2-4-8-13(11)18/h1-8H,9,18H2,(H,19,22)(H,20,21,23). The summed E-state index contributed by atoms with van der Waals surface area (Å²) >= 11 is 0. The molecule has 0 atom stereocenters. The first kappa shape index (κ1) is 16.2. The highest BCUT2D eigenvalue weighted by Crippen LogP contribution is 2.09. The molecule has 0 bridgehead atoms. The predicted octanol–water partition coefficient (Wildman–Crippen LogP) is 0.981. The van der Waals surface area contributed by atoms with E-state index in [9.17, 15) is 18.8 Å². The largest absolute Gasteiger partial charge is 0.398 e. The molecule has 0 fully saturated rings. The molecule has 0 aromatic heterocycles. The van der Waals surface area contributed by atoms with E-state index in [4.69, 9.17) is 5.73 Å². The van der Waals surface area contributed by atoms with Crippen molar-refractivity contribution in [2.24, 2.45) is 0 Å². The Hall–Kier alpha value is -3.22. The maximum Gasteiger partial charge on any atom is 0.316 e. The van der Waals surface area contributed by atoms with Crippen molar-refractivity contribution in [3.05, 3.63) is 65.5 Å². The zero-order valence-electron chi connectivity index (χ0n) is 12.0. The first-order chi connectivity index (χ1) is 11.0. The first-order valence-corrected chi connectivity index (χ1v) is 6.70. The first-order valence-electron chi connectivity index (χ1n) is 6.70. The van der Waals surface area contributed by atoms with Crippen LogP contribution in [0.4, 0.5) is 10.1 Å². The molecule has 0 heterocycles. The second-order valence-corrected chi connectivity index (χ2v) is 4.64. The van der Waals surface area contributed by atoms with Crippen LogP contribution in [0.2, 0.25) is 0 Å². The number of anilines is 1. The highest BCUT2D eigenvalue weighted by Gasteiger charge is 2.19. The van der Waals surface area contributed by atoms with Crippen LogP contribution >= 0.6 is 0 Å². The SMILES string of the molecule is Nc1ccccc1C(=O)NC(=O)C(=O)NCc1ccccc1F. The van der Waals surface area contributed by atoms with Crippen molar-refractivity contribution in [2.75, 3.05) is 5.73 Å². The minimum atomic E-state index is -1.14. The van der Waals surface area contributed by atoms with E-state index < -0.39 is 23.5 Å². The fraction of sp³-hybridized carbons (Fsp3) is 0.0625. The summed E-state index contributed by atoms with van der Waals surface area (Å²) in [6.07, 6.45) is 0. The van der Waals surface area contributed by atoms with E-state index in [1.807, 2.05) is 5.32 Å². The molecule has 7 heteroatoms. The van der Waals surface area contributed by atoms with Gasteiger partial charge in [-0.05, 0) is 18.2 Å². The molecule has 4 N–H and O–H groups in total. The molecule has 2 aromatic rings. The molecule has 0 aliphatic heterocycles. The zero-order valence-corrected chi connectivity index (χ0v) is 12.0. The third-order valence-electron chi connectivity index (χ3n) is 3.04. The van der Waals surface area contributed by atoms with Gasteiger partial charge in [0.25, 0.3) is 5.91 Å². The Balaban J connectivity index is 1.93. The van der Waals surface area contributed by atoms with Crippen LogP contribution in [0.1, 0.15) is 15.9 Å². The Morgan fingerprint density at radius 3 is 2.30 bits per heavy atom. The van der Waals surface area contributed by atoms with Crippen LogP contribution in [-0.4, -0.2) is 17.7 Å². The summed E-state index contributed by atoms with van der Waals surface area (Å²) in [6.45, 7) is -0.166. The Labute approximate surface area is 131 Å². The fourth-order valence-electron chi connectivity index (χ4n) is 1.83. The lowest BCUT2D eigenvalue weighted by atomic mass is 10.1. The van der Waals surface area contributed by atoms with Gasteiger partial charge in [0, 0.05) is 17.8 Å². The summed E-state index contributed by atoms with van der Waals surface area (Å²) in [5, 5.41) is 4.16. The number of imide groups is 1. The van der Waals surface area contributed by atoms with Gasteiger partial charge in [-0.2, -0.15) is 0 Å². The number of halogens is 1. The summed E-state index contributed by atoms with van der Waals surface area (Å²) in [7, 11) is 0. The van der Waals surface area contributed by atoms with E-state index in [-0.39, 0.29) is 23.4 Å². The second-order valence-electron chi connectivity index (χ2n) is 4.64. The van der Waals surface area contributed by atoms with Crippen LogP contribution in [-0.2, 0) is 16.1 Å². The van der Waals surface area contributed by atoms with E-state index in [2.05, 4.69) is 5.32 Å². The number of nitrogen functional groups attached to an aromatic ring is 1. The lowest BCUT2D eigenvalue weighted by molar-refractivity contribution is -0.138.